The Morgan fingerprint density at radius 3 is 2.38 bits per heavy atom. The van der Waals surface area contributed by atoms with Gasteiger partial charge in [-0.25, -0.2) is 0 Å². The number of nitrogens with one attached hydrogen (secondary N) is 1. The van der Waals surface area contributed by atoms with Gasteiger partial charge < -0.3 is 29.7 Å². The van der Waals surface area contributed by atoms with E-state index in [-0.39, 0.29) is 53.5 Å². The number of fused-ring (bicyclic) bond motifs is 2. The van der Waals surface area contributed by atoms with Gasteiger partial charge in [0.25, 0.3) is 0 Å². The molecule has 9 heteroatoms. The number of carbonyl (C=O) groups is 3. The Morgan fingerprint density at radius 2 is 1.68 bits per heavy atom. The predicted molar refractivity (Wildman–Crippen MR) is 205 cm³/mol. The van der Waals surface area contributed by atoms with Gasteiger partial charge in [0.15, 0.2) is 22.8 Å². The van der Waals surface area contributed by atoms with E-state index in [1.54, 1.807) is 19.1 Å². The monoisotopic (exact) mass is 727 g/mol. The molecule has 1 aromatic rings. The van der Waals surface area contributed by atoms with E-state index in [1.807, 2.05) is 46.8 Å². The number of aromatic hydroxyl groups is 1. The van der Waals surface area contributed by atoms with E-state index in [9.17, 15) is 19.5 Å². The first-order chi connectivity index (χ1) is 25.0. The summed E-state index contributed by atoms with van der Waals surface area (Å²) in [5.41, 5.74) is -0.337. The maximum Gasteiger partial charge on any atom is 0.246 e. The van der Waals surface area contributed by atoms with Gasteiger partial charge in [0, 0.05) is 48.1 Å². The van der Waals surface area contributed by atoms with Crippen LogP contribution in [0, 0.1) is 11.8 Å². The number of phenols is 1. The zero-order chi connectivity index (χ0) is 38.5. The lowest BCUT2D eigenvalue weighted by Gasteiger charge is -2.56. The molecule has 1 saturated heterocycles. The molecule has 3 aliphatic heterocycles. The van der Waals surface area contributed by atoms with Gasteiger partial charge in [-0.15, -0.1) is 0 Å². The molecule has 1 saturated carbocycles. The van der Waals surface area contributed by atoms with Crippen LogP contribution >= 0.6 is 0 Å². The maximum absolute atomic E-state index is 14.9. The average molecular weight is 728 g/mol. The lowest BCUT2D eigenvalue weighted by Crippen LogP contribution is -2.72. The number of phenolic OH excluding ortho intramolecular Hbond substituents is 1. The number of Topliss-reactive ketones (excluding diaryl/α,β-unsaturated/α-hetero) is 2. The van der Waals surface area contributed by atoms with E-state index >= 15 is 0 Å². The van der Waals surface area contributed by atoms with Gasteiger partial charge in [0.1, 0.15) is 28.4 Å². The van der Waals surface area contributed by atoms with E-state index in [0.717, 1.165) is 37.7 Å². The van der Waals surface area contributed by atoms with Crippen LogP contribution in [0.25, 0.3) is 6.08 Å². The number of benzene rings is 1. The van der Waals surface area contributed by atoms with E-state index < -0.39 is 28.3 Å². The summed E-state index contributed by atoms with van der Waals surface area (Å²) in [5.74, 6) is -1.19. The third kappa shape index (κ3) is 6.52. The zero-order valence-electron chi connectivity index (χ0n) is 32.7. The summed E-state index contributed by atoms with van der Waals surface area (Å²) in [7, 11) is 0. The zero-order valence-corrected chi connectivity index (χ0v) is 32.7. The Kier molecular flexibility index (Phi) is 10.5. The minimum atomic E-state index is -1.58. The smallest absolute Gasteiger partial charge is 0.246 e. The molecule has 1 amide bonds. The second-order valence-corrected chi connectivity index (χ2v) is 16.9. The summed E-state index contributed by atoms with van der Waals surface area (Å²) in [6.07, 6.45) is 17.3. The molecule has 9 nitrogen and oxygen atoms in total. The third-order valence-electron chi connectivity index (χ3n) is 11.9. The van der Waals surface area contributed by atoms with E-state index in [0.29, 0.717) is 53.8 Å². The minimum absolute atomic E-state index is 0.0415. The fraction of sp³-hybridized carbons (Fsp3) is 0.568. The van der Waals surface area contributed by atoms with Crippen molar-refractivity contribution in [3.63, 3.8) is 0 Å². The van der Waals surface area contributed by atoms with Gasteiger partial charge >= 0.3 is 0 Å². The molecule has 4 bridgehead atoms. The molecule has 53 heavy (non-hydrogen) atoms. The van der Waals surface area contributed by atoms with Crippen molar-refractivity contribution in [1.82, 2.24) is 5.32 Å². The first-order valence-corrected chi connectivity index (χ1v) is 19.3. The molecule has 5 unspecified atom stereocenters. The molecule has 286 valence electrons. The molecular formula is C44H57NO8. The van der Waals surface area contributed by atoms with Gasteiger partial charge in [-0.2, -0.15) is 0 Å². The molecule has 3 N–H and O–H groups in total. The van der Waals surface area contributed by atoms with Gasteiger partial charge in [-0.3, -0.25) is 14.4 Å². The van der Waals surface area contributed by atoms with Gasteiger partial charge in [-0.1, -0.05) is 48.3 Å². The average Bonchev–Trinajstić information content (AvgIpc) is 3.24. The van der Waals surface area contributed by atoms with Gasteiger partial charge in [0.05, 0.1) is 11.2 Å². The predicted octanol–water partition coefficient (Wildman–Crippen LogP) is 7.82. The lowest BCUT2D eigenvalue weighted by atomic mass is 9.51. The van der Waals surface area contributed by atoms with Gasteiger partial charge in [0.2, 0.25) is 5.91 Å². The third-order valence-corrected chi connectivity index (χ3v) is 11.9. The molecule has 1 aromatic carbocycles. The molecular weight excluding hydrogens is 670 g/mol. The number of rotatable bonds is 14. The van der Waals surface area contributed by atoms with Crippen LogP contribution in [0.5, 0.6) is 17.2 Å². The summed E-state index contributed by atoms with van der Waals surface area (Å²) in [4.78, 5) is 42.7. The van der Waals surface area contributed by atoms with Crippen LogP contribution < -0.4 is 14.8 Å². The molecule has 1 spiro atoms. The lowest BCUT2D eigenvalue weighted by molar-refractivity contribution is -0.171. The van der Waals surface area contributed by atoms with Crippen LogP contribution in [0.3, 0.4) is 0 Å². The van der Waals surface area contributed by atoms with Crippen molar-refractivity contribution >= 4 is 23.5 Å². The van der Waals surface area contributed by atoms with Crippen LogP contribution in [0.4, 0.5) is 0 Å². The van der Waals surface area contributed by atoms with Crippen LogP contribution in [0.1, 0.15) is 128 Å². The molecule has 7 rings (SSSR count). The Balaban J connectivity index is 1.44. The standard InChI is InChI=1S/C44H57NO8/c1-26(2)14-13-19-42(8)20-18-30-35(47)34-36(48)32-24-29-25-33-41(6,7)53-43(39(29)49,21-17-28(5)40(50)45-22-11-9-10-12-23-46)44(32,33)52-38(34)31(37(30)51-42)16-15-27(3)4/h14-15,17-18,20,24,29,33,46-47H,9-13,16,19,21-23,25H2,1-8H3,(H,45,50). The maximum atomic E-state index is 14.9. The van der Waals surface area contributed by atoms with Crippen LogP contribution in [-0.4, -0.2) is 63.2 Å². The van der Waals surface area contributed by atoms with Crippen LogP contribution in [0.15, 0.2) is 52.7 Å². The number of ketones is 2. The van der Waals surface area contributed by atoms with Crippen molar-refractivity contribution in [2.24, 2.45) is 11.8 Å². The highest BCUT2D eigenvalue weighted by atomic mass is 16.6. The van der Waals surface area contributed by atoms with Crippen molar-refractivity contribution in [3.8, 4) is 17.2 Å². The Labute approximate surface area is 314 Å². The molecule has 3 aliphatic carbocycles. The number of hydrogen-bond donors (Lipinski definition) is 3. The highest BCUT2D eigenvalue weighted by Crippen LogP contribution is 2.68. The normalized spacial score (nSPS) is 28.6. The minimum Gasteiger partial charge on any atom is -0.506 e. The Hall–Kier alpha value is -3.95. The summed E-state index contributed by atoms with van der Waals surface area (Å²) >= 11 is 0. The molecule has 5 atom stereocenters. The number of aliphatic hydroxyl groups is 1. The summed E-state index contributed by atoms with van der Waals surface area (Å²) in [6.45, 7) is 16.4. The van der Waals surface area contributed by atoms with Crippen molar-refractivity contribution in [2.75, 3.05) is 13.2 Å². The topological polar surface area (TPSA) is 131 Å². The van der Waals surface area contributed by atoms with E-state index in [4.69, 9.17) is 19.3 Å². The molecule has 6 aliphatic rings. The van der Waals surface area contributed by atoms with Crippen molar-refractivity contribution < 1.29 is 38.8 Å². The number of hydrogen-bond acceptors (Lipinski definition) is 8. The number of allylic oxidation sites excluding steroid dienone is 5. The highest BCUT2D eigenvalue weighted by Gasteiger charge is 2.81. The Morgan fingerprint density at radius 1 is 0.962 bits per heavy atom. The highest BCUT2D eigenvalue weighted by molar-refractivity contribution is 6.19. The van der Waals surface area contributed by atoms with E-state index in [2.05, 4.69) is 31.3 Å². The number of amides is 1. The van der Waals surface area contributed by atoms with Crippen LogP contribution in [0.2, 0.25) is 0 Å². The fourth-order valence-corrected chi connectivity index (χ4v) is 9.11. The van der Waals surface area contributed by atoms with Crippen molar-refractivity contribution in [2.45, 2.75) is 136 Å². The fourth-order valence-electron chi connectivity index (χ4n) is 9.11. The van der Waals surface area contributed by atoms with Crippen molar-refractivity contribution in [3.05, 3.63) is 69.4 Å². The summed E-state index contributed by atoms with van der Waals surface area (Å²) in [6, 6.07) is 0. The molecule has 0 aromatic heterocycles. The SMILES string of the molecule is CC(C)=CCCC1(C)C=Cc2c(O)c3c(c(CC=C(C)C)c2O1)OC12C(=CC4CC1C(C)(C)OC2(CC=C(C)C(=O)NCCCCCCO)C4=O)C3=O. The largest absolute Gasteiger partial charge is 0.506 e. The van der Waals surface area contributed by atoms with E-state index in [1.165, 1.54) is 5.57 Å². The van der Waals surface area contributed by atoms with Crippen LogP contribution in [-0.2, 0) is 20.7 Å². The summed E-state index contributed by atoms with van der Waals surface area (Å²) in [5, 5.41) is 23.9. The summed E-state index contributed by atoms with van der Waals surface area (Å²) < 4.78 is 21.0. The number of ether oxygens (including phenoxy) is 3. The second-order valence-electron chi connectivity index (χ2n) is 16.9. The quantitative estimate of drug-likeness (QED) is 0.100. The van der Waals surface area contributed by atoms with Crippen molar-refractivity contribution in [1.29, 1.82) is 0 Å². The van der Waals surface area contributed by atoms with Gasteiger partial charge in [-0.05, 0) is 106 Å². The molecule has 0 radical (unpaired) electrons. The second kappa shape index (κ2) is 14.4. The first kappa shape index (κ1) is 38.8. The Bertz CT molecular complexity index is 1850. The molecule has 2 fully saturated rings. The number of carbonyl (C=O) groups excluding carboxylic acids is 3. The molecule has 3 heterocycles. The first-order valence-electron chi connectivity index (χ1n) is 19.3. The number of unbranched alkanes of at least 4 members (excludes halogenated alkanes) is 3. The number of aliphatic hydroxyl groups excluding tert-OH is 1.